The molecule has 1 aromatic carbocycles. The molecule has 3 rings (SSSR count). The predicted molar refractivity (Wildman–Crippen MR) is 101 cm³/mol. The summed E-state index contributed by atoms with van der Waals surface area (Å²) >= 11 is 0. The fraction of sp³-hybridized carbons (Fsp3) is 0.278. The zero-order valence-corrected chi connectivity index (χ0v) is 15.8. The molecule has 0 aliphatic rings. The van der Waals surface area contributed by atoms with E-state index in [1.807, 2.05) is 19.2 Å². The fourth-order valence-corrected chi connectivity index (χ4v) is 3.29. The van der Waals surface area contributed by atoms with Crippen LogP contribution in [0.5, 0.6) is 0 Å². The van der Waals surface area contributed by atoms with E-state index in [2.05, 4.69) is 31.8 Å². The van der Waals surface area contributed by atoms with E-state index in [-0.39, 0.29) is 4.90 Å². The van der Waals surface area contributed by atoms with Crippen molar-refractivity contribution in [2.75, 3.05) is 11.6 Å². The lowest BCUT2D eigenvalue weighted by atomic mass is 10.3. The summed E-state index contributed by atoms with van der Waals surface area (Å²) < 4.78 is 25.2. The van der Waals surface area contributed by atoms with Gasteiger partial charge in [-0.3, -0.25) is 0 Å². The van der Waals surface area contributed by atoms with Gasteiger partial charge in [0.2, 0.25) is 5.95 Å². The Labute approximate surface area is 153 Å². The Morgan fingerprint density at radius 1 is 1.12 bits per heavy atom. The molecule has 0 unspecified atom stereocenters. The number of sulfone groups is 1. The molecule has 0 amide bonds. The van der Waals surface area contributed by atoms with Crippen LogP contribution >= 0.6 is 0 Å². The predicted octanol–water partition coefficient (Wildman–Crippen LogP) is 3.21. The molecule has 0 saturated heterocycles. The minimum Gasteiger partial charge on any atom is -0.327 e. The van der Waals surface area contributed by atoms with Crippen LogP contribution in [-0.4, -0.2) is 34.2 Å². The number of rotatable bonds is 6. The van der Waals surface area contributed by atoms with Crippen molar-refractivity contribution in [2.45, 2.75) is 31.7 Å². The van der Waals surface area contributed by atoms with Gasteiger partial charge in [0.1, 0.15) is 5.82 Å². The Hall–Kier alpha value is -2.74. The van der Waals surface area contributed by atoms with Crippen molar-refractivity contribution in [2.24, 2.45) is 0 Å². The number of imidazole rings is 1. The van der Waals surface area contributed by atoms with Crippen LogP contribution in [0.1, 0.15) is 19.2 Å². The lowest BCUT2D eigenvalue weighted by Crippen LogP contribution is -2.04. The van der Waals surface area contributed by atoms with Crippen molar-refractivity contribution < 1.29 is 8.42 Å². The maximum absolute atomic E-state index is 11.5. The first-order valence-corrected chi connectivity index (χ1v) is 10.2. The third-order valence-corrected chi connectivity index (χ3v) is 5.09. The van der Waals surface area contributed by atoms with Gasteiger partial charge >= 0.3 is 0 Å². The van der Waals surface area contributed by atoms with Crippen molar-refractivity contribution in [3.8, 4) is 11.4 Å². The van der Waals surface area contributed by atoms with Gasteiger partial charge in [-0.2, -0.15) is 0 Å². The van der Waals surface area contributed by atoms with Gasteiger partial charge in [0.25, 0.3) is 0 Å². The SMILES string of the molecule is CCCn1c(-c2ccnc(Nc3ccc(S(C)(=O)=O)cc3)n2)cnc1C. The Kier molecular flexibility index (Phi) is 5.03. The highest BCUT2D eigenvalue weighted by molar-refractivity contribution is 7.90. The molecule has 8 heteroatoms. The van der Waals surface area contributed by atoms with Crippen LogP contribution in [0.25, 0.3) is 11.4 Å². The highest BCUT2D eigenvalue weighted by Crippen LogP contribution is 2.22. The van der Waals surface area contributed by atoms with Gasteiger partial charge in [-0.25, -0.2) is 23.4 Å². The molecule has 0 aliphatic carbocycles. The second-order valence-electron chi connectivity index (χ2n) is 6.03. The average Bonchev–Trinajstić information content (AvgIpc) is 2.96. The first-order valence-electron chi connectivity index (χ1n) is 8.31. The Morgan fingerprint density at radius 2 is 1.85 bits per heavy atom. The zero-order valence-electron chi connectivity index (χ0n) is 15.0. The van der Waals surface area contributed by atoms with Crippen molar-refractivity contribution in [1.29, 1.82) is 0 Å². The quantitative estimate of drug-likeness (QED) is 0.716. The van der Waals surface area contributed by atoms with Crippen molar-refractivity contribution >= 4 is 21.5 Å². The van der Waals surface area contributed by atoms with E-state index in [9.17, 15) is 8.42 Å². The topological polar surface area (TPSA) is 89.8 Å². The number of nitrogens with zero attached hydrogens (tertiary/aromatic N) is 4. The maximum atomic E-state index is 11.5. The highest BCUT2D eigenvalue weighted by Gasteiger charge is 2.11. The van der Waals surface area contributed by atoms with Crippen molar-refractivity contribution in [1.82, 2.24) is 19.5 Å². The smallest absolute Gasteiger partial charge is 0.227 e. The molecule has 0 spiro atoms. The van der Waals surface area contributed by atoms with Gasteiger partial charge in [-0.1, -0.05) is 6.92 Å². The molecule has 2 heterocycles. The number of aryl methyl sites for hydroxylation is 1. The summed E-state index contributed by atoms with van der Waals surface area (Å²) in [4.78, 5) is 13.5. The van der Waals surface area contributed by atoms with Gasteiger partial charge in [0, 0.05) is 24.7 Å². The van der Waals surface area contributed by atoms with Gasteiger partial charge in [0.05, 0.1) is 22.5 Å². The van der Waals surface area contributed by atoms with E-state index in [4.69, 9.17) is 0 Å². The Balaban J connectivity index is 1.86. The summed E-state index contributed by atoms with van der Waals surface area (Å²) in [5.41, 5.74) is 2.44. The molecular formula is C18H21N5O2S. The second-order valence-corrected chi connectivity index (χ2v) is 8.05. The van der Waals surface area contributed by atoms with Crippen molar-refractivity contribution in [3.63, 3.8) is 0 Å². The summed E-state index contributed by atoms with van der Waals surface area (Å²) in [6, 6.07) is 8.35. The average molecular weight is 371 g/mol. The Bertz CT molecular complexity index is 1010. The number of aromatic nitrogens is 4. The third-order valence-electron chi connectivity index (χ3n) is 3.96. The van der Waals surface area contributed by atoms with E-state index >= 15 is 0 Å². The zero-order chi connectivity index (χ0) is 18.7. The molecule has 7 nitrogen and oxygen atoms in total. The van der Waals surface area contributed by atoms with E-state index in [0.717, 1.165) is 30.2 Å². The molecular weight excluding hydrogens is 350 g/mol. The van der Waals surface area contributed by atoms with Crippen LogP contribution in [0.4, 0.5) is 11.6 Å². The van der Waals surface area contributed by atoms with E-state index in [0.29, 0.717) is 11.6 Å². The molecule has 26 heavy (non-hydrogen) atoms. The van der Waals surface area contributed by atoms with Crippen LogP contribution in [0, 0.1) is 6.92 Å². The van der Waals surface area contributed by atoms with Gasteiger partial charge in [-0.15, -0.1) is 0 Å². The molecule has 136 valence electrons. The third kappa shape index (κ3) is 3.91. The standard InChI is InChI=1S/C18H21N5O2S/c1-4-11-23-13(2)20-12-17(23)16-9-10-19-18(22-16)21-14-5-7-15(8-6-14)26(3,24)25/h5-10,12H,4,11H2,1-3H3,(H,19,21,22). The fourth-order valence-electron chi connectivity index (χ4n) is 2.65. The molecule has 0 saturated carbocycles. The normalized spacial score (nSPS) is 11.5. The molecule has 0 radical (unpaired) electrons. The first-order chi connectivity index (χ1) is 12.4. The molecule has 2 aromatic heterocycles. The molecule has 0 bridgehead atoms. The molecule has 0 aliphatic heterocycles. The minimum atomic E-state index is -3.21. The molecule has 3 aromatic rings. The highest BCUT2D eigenvalue weighted by atomic mass is 32.2. The number of hydrogen-bond acceptors (Lipinski definition) is 6. The molecule has 1 N–H and O–H groups in total. The van der Waals surface area contributed by atoms with Crippen LogP contribution in [-0.2, 0) is 16.4 Å². The first kappa shape index (κ1) is 18.1. The summed E-state index contributed by atoms with van der Waals surface area (Å²) in [7, 11) is -3.21. The van der Waals surface area contributed by atoms with Gasteiger partial charge in [0.15, 0.2) is 9.84 Å². The minimum absolute atomic E-state index is 0.275. The number of nitrogens with one attached hydrogen (secondary N) is 1. The van der Waals surface area contributed by atoms with Gasteiger partial charge in [-0.05, 0) is 43.7 Å². The second kappa shape index (κ2) is 7.25. The Morgan fingerprint density at radius 3 is 2.50 bits per heavy atom. The summed E-state index contributed by atoms with van der Waals surface area (Å²) in [6.07, 6.45) is 5.70. The largest absolute Gasteiger partial charge is 0.327 e. The van der Waals surface area contributed by atoms with E-state index in [1.54, 1.807) is 30.5 Å². The van der Waals surface area contributed by atoms with Crippen LogP contribution in [0.15, 0.2) is 47.6 Å². The number of anilines is 2. The molecule has 0 fully saturated rings. The van der Waals surface area contributed by atoms with E-state index < -0.39 is 9.84 Å². The number of hydrogen-bond donors (Lipinski definition) is 1. The number of benzene rings is 1. The van der Waals surface area contributed by atoms with Crippen molar-refractivity contribution in [3.05, 3.63) is 48.5 Å². The van der Waals surface area contributed by atoms with Crippen LogP contribution in [0.2, 0.25) is 0 Å². The summed E-state index contributed by atoms with van der Waals surface area (Å²) in [6.45, 7) is 4.97. The summed E-state index contributed by atoms with van der Waals surface area (Å²) in [5, 5.41) is 3.10. The lowest BCUT2D eigenvalue weighted by molar-refractivity contribution is 0.602. The summed E-state index contributed by atoms with van der Waals surface area (Å²) in [5.74, 6) is 1.39. The molecule has 0 atom stereocenters. The van der Waals surface area contributed by atoms with Gasteiger partial charge < -0.3 is 9.88 Å². The van der Waals surface area contributed by atoms with E-state index in [1.165, 1.54) is 6.26 Å². The van der Waals surface area contributed by atoms with Crippen LogP contribution < -0.4 is 5.32 Å². The maximum Gasteiger partial charge on any atom is 0.227 e. The monoisotopic (exact) mass is 371 g/mol. The van der Waals surface area contributed by atoms with Crippen LogP contribution in [0.3, 0.4) is 0 Å². The lowest BCUT2D eigenvalue weighted by Gasteiger charge is -2.10.